The zero-order valence-electron chi connectivity index (χ0n) is 9.20. The molecule has 0 radical (unpaired) electrons. The van der Waals surface area contributed by atoms with Crippen molar-refractivity contribution in [2.45, 2.75) is 18.0 Å². The Bertz CT molecular complexity index is 502. The number of aliphatic carboxylic acids is 1. The largest absolute Gasteiger partial charge is 0.549 e. The van der Waals surface area contributed by atoms with Gasteiger partial charge in [0.1, 0.15) is 0 Å². The molecule has 0 saturated heterocycles. The van der Waals surface area contributed by atoms with Crippen molar-refractivity contribution in [2.75, 3.05) is 6.29 Å². The van der Waals surface area contributed by atoms with E-state index >= 15 is 0 Å². The van der Waals surface area contributed by atoms with E-state index in [1.54, 1.807) is 24.3 Å². The van der Waals surface area contributed by atoms with Crippen LogP contribution >= 0.6 is 7.37 Å². The number of benzene rings is 1. The lowest BCUT2D eigenvalue weighted by Gasteiger charge is -2.23. The number of quaternary nitrogens is 1. The number of carboxylic acids is 1. The average molecular weight is 255 g/mol. The van der Waals surface area contributed by atoms with Crippen LogP contribution in [0.5, 0.6) is 0 Å². The molecule has 92 valence electrons. The predicted molar refractivity (Wildman–Crippen MR) is 59.3 cm³/mol. The number of fused-ring (bicyclic) bond motifs is 1. The summed E-state index contributed by atoms with van der Waals surface area (Å²) in [6.45, 7) is 0. The fourth-order valence-corrected chi connectivity index (χ4v) is 3.96. The van der Waals surface area contributed by atoms with Crippen molar-refractivity contribution in [2.24, 2.45) is 0 Å². The van der Waals surface area contributed by atoms with Gasteiger partial charge in [0.2, 0.25) is 0 Å². The lowest BCUT2D eigenvalue weighted by atomic mass is 10.0. The number of carboxylic acid groups (broad SMARTS) is 1. The number of rotatable bonds is 3. The third-order valence-electron chi connectivity index (χ3n) is 3.30. The standard InChI is InChI=1S/C11H14NO4P/c12-6-17(15,16)9-5-7-3-1-2-4-8(7)10(9)11(13)14/h1-4,9-10H,5-6,12H2,(H,13,14)(H,15,16)/t9-,10-/m0/s1. The average Bonchev–Trinajstić information content (AvgIpc) is 2.68. The van der Waals surface area contributed by atoms with E-state index in [1.165, 1.54) is 0 Å². The second-order valence-electron chi connectivity index (χ2n) is 4.25. The van der Waals surface area contributed by atoms with Crippen molar-refractivity contribution in [3.05, 3.63) is 35.4 Å². The molecular weight excluding hydrogens is 241 g/mol. The maximum atomic E-state index is 12.0. The third-order valence-corrected chi connectivity index (χ3v) is 5.45. The van der Waals surface area contributed by atoms with Gasteiger partial charge in [-0.15, -0.1) is 0 Å². The number of hydrogen-bond donors (Lipinski definition) is 2. The molecule has 1 aromatic carbocycles. The van der Waals surface area contributed by atoms with Gasteiger partial charge >= 0.3 is 0 Å². The van der Waals surface area contributed by atoms with Crippen LogP contribution in [0.15, 0.2) is 24.3 Å². The van der Waals surface area contributed by atoms with E-state index in [9.17, 15) is 19.4 Å². The van der Waals surface area contributed by atoms with Crippen molar-refractivity contribution >= 4 is 13.3 Å². The quantitative estimate of drug-likeness (QED) is 0.670. The maximum absolute atomic E-state index is 12.0. The normalized spacial score (nSPS) is 26.2. The lowest BCUT2D eigenvalue weighted by Crippen LogP contribution is -2.51. The van der Waals surface area contributed by atoms with Gasteiger partial charge in [0.25, 0.3) is 7.37 Å². The highest BCUT2D eigenvalue weighted by molar-refractivity contribution is 7.58. The van der Waals surface area contributed by atoms with Crippen LogP contribution in [0.2, 0.25) is 0 Å². The third kappa shape index (κ3) is 2.02. The Balaban J connectivity index is 2.47. The van der Waals surface area contributed by atoms with E-state index in [-0.39, 0.29) is 6.29 Å². The molecule has 17 heavy (non-hydrogen) atoms. The molecule has 0 aliphatic heterocycles. The molecule has 0 aromatic heterocycles. The molecule has 0 amide bonds. The summed E-state index contributed by atoms with van der Waals surface area (Å²) in [5, 5.41) is 11.2. The van der Waals surface area contributed by atoms with Crippen LogP contribution in [-0.2, 0) is 15.8 Å². The Morgan fingerprint density at radius 3 is 2.76 bits per heavy atom. The molecule has 1 aromatic rings. The Labute approximate surface area is 98.7 Å². The van der Waals surface area contributed by atoms with Crippen molar-refractivity contribution in [1.29, 1.82) is 0 Å². The molecule has 1 aliphatic carbocycles. The lowest BCUT2D eigenvalue weighted by molar-refractivity contribution is -0.343. The minimum Gasteiger partial charge on any atom is -0.549 e. The maximum Gasteiger partial charge on any atom is 0.257 e. The Morgan fingerprint density at radius 2 is 2.18 bits per heavy atom. The van der Waals surface area contributed by atoms with Gasteiger partial charge in [0.15, 0.2) is 6.29 Å². The first kappa shape index (κ1) is 12.3. The summed E-state index contributed by atoms with van der Waals surface area (Å²) in [7, 11) is -3.55. The summed E-state index contributed by atoms with van der Waals surface area (Å²) in [5.41, 5.74) is 4.04. The second-order valence-corrected chi connectivity index (χ2v) is 6.87. The van der Waals surface area contributed by atoms with Gasteiger partial charge < -0.3 is 20.5 Å². The van der Waals surface area contributed by atoms with E-state index in [0.717, 1.165) is 5.56 Å². The van der Waals surface area contributed by atoms with Crippen molar-refractivity contribution in [3.63, 3.8) is 0 Å². The highest BCUT2D eigenvalue weighted by atomic mass is 31.2. The molecule has 0 bridgehead atoms. The summed E-state index contributed by atoms with van der Waals surface area (Å²) in [5.74, 6) is -2.29. The minimum atomic E-state index is -3.55. The van der Waals surface area contributed by atoms with Gasteiger partial charge in [0, 0.05) is 11.9 Å². The predicted octanol–water partition coefficient (Wildman–Crippen LogP) is -1.09. The van der Waals surface area contributed by atoms with Crippen molar-refractivity contribution in [3.8, 4) is 0 Å². The van der Waals surface area contributed by atoms with Crippen molar-refractivity contribution < 1.29 is 25.1 Å². The van der Waals surface area contributed by atoms with Crippen LogP contribution in [-0.4, -0.2) is 22.8 Å². The van der Waals surface area contributed by atoms with Gasteiger partial charge in [0.05, 0.1) is 5.66 Å². The molecule has 0 fully saturated rings. The van der Waals surface area contributed by atoms with Gasteiger partial charge in [-0.1, -0.05) is 24.3 Å². The summed E-state index contributed by atoms with van der Waals surface area (Å²) in [6.07, 6.45) is 0.146. The molecule has 3 atom stereocenters. The summed E-state index contributed by atoms with van der Waals surface area (Å²) >= 11 is 0. The van der Waals surface area contributed by atoms with Crippen LogP contribution in [0, 0.1) is 0 Å². The summed E-state index contributed by atoms with van der Waals surface area (Å²) < 4.78 is 12.0. The van der Waals surface area contributed by atoms with Crippen LogP contribution in [0.25, 0.3) is 0 Å². The second kappa shape index (κ2) is 4.26. The number of carbonyl (C=O) groups excluding carboxylic acids is 1. The molecular formula is C11H14NO4P. The van der Waals surface area contributed by atoms with Crippen LogP contribution < -0.4 is 10.8 Å². The van der Waals surface area contributed by atoms with Gasteiger partial charge in [-0.25, -0.2) is 0 Å². The monoisotopic (exact) mass is 255 g/mol. The smallest absolute Gasteiger partial charge is 0.257 e. The van der Waals surface area contributed by atoms with Gasteiger partial charge in [-0.2, -0.15) is 0 Å². The minimum absolute atomic E-state index is 0.157. The zero-order chi connectivity index (χ0) is 12.6. The van der Waals surface area contributed by atoms with E-state index in [4.69, 9.17) is 0 Å². The highest BCUT2D eigenvalue weighted by Gasteiger charge is 2.44. The molecule has 0 spiro atoms. The Kier molecular flexibility index (Phi) is 3.08. The number of carbonyl (C=O) groups is 1. The topological polar surface area (TPSA) is 105 Å². The summed E-state index contributed by atoms with van der Waals surface area (Å²) in [4.78, 5) is 21.0. The first-order chi connectivity index (χ1) is 7.97. The zero-order valence-corrected chi connectivity index (χ0v) is 10.1. The number of hydrogen-bond acceptors (Lipinski definition) is 3. The molecule has 0 saturated carbocycles. The van der Waals surface area contributed by atoms with Crippen LogP contribution in [0.4, 0.5) is 0 Å². The van der Waals surface area contributed by atoms with E-state index in [0.29, 0.717) is 12.0 Å². The fourth-order valence-electron chi connectivity index (χ4n) is 2.40. The fraction of sp³-hybridized carbons (Fsp3) is 0.364. The first-order valence-corrected chi connectivity index (χ1v) is 7.28. The molecule has 0 heterocycles. The summed E-state index contributed by atoms with van der Waals surface area (Å²) in [6, 6.07) is 6.98. The molecule has 1 aliphatic rings. The van der Waals surface area contributed by atoms with Crippen molar-refractivity contribution in [1.82, 2.24) is 0 Å². The van der Waals surface area contributed by atoms with E-state index in [2.05, 4.69) is 5.73 Å². The molecule has 5 nitrogen and oxygen atoms in total. The van der Waals surface area contributed by atoms with Crippen LogP contribution in [0.3, 0.4) is 0 Å². The van der Waals surface area contributed by atoms with Crippen LogP contribution in [0.1, 0.15) is 17.0 Å². The Hall–Kier alpha value is -1.16. The molecule has 2 rings (SSSR count). The molecule has 1 unspecified atom stereocenters. The van der Waals surface area contributed by atoms with E-state index in [1.807, 2.05) is 0 Å². The molecule has 6 heteroatoms. The molecule has 4 N–H and O–H groups in total. The highest BCUT2D eigenvalue weighted by Crippen LogP contribution is 2.54. The van der Waals surface area contributed by atoms with E-state index < -0.39 is 24.9 Å². The first-order valence-electron chi connectivity index (χ1n) is 5.37. The Morgan fingerprint density at radius 1 is 1.53 bits per heavy atom. The SMILES string of the molecule is [NH3+]CP(=O)(O)[C@H]1Cc2ccccc2[C@@H]1C(=O)[O-]. The van der Waals surface area contributed by atoms with Gasteiger partial charge in [-0.3, -0.25) is 4.57 Å². The van der Waals surface area contributed by atoms with Gasteiger partial charge in [-0.05, 0) is 17.5 Å².